The van der Waals surface area contributed by atoms with Crippen LogP contribution in [0.1, 0.15) is 37.0 Å². The lowest BCUT2D eigenvalue weighted by molar-refractivity contribution is 0.559. The highest BCUT2D eigenvalue weighted by Crippen LogP contribution is 2.17. The summed E-state index contributed by atoms with van der Waals surface area (Å²) in [7, 11) is -3.48. The molecule has 0 aliphatic heterocycles. The molecule has 0 radical (unpaired) electrons. The first-order valence-corrected chi connectivity index (χ1v) is 7.70. The van der Waals surface area contributed by atoms with Gasteiger partial charge in [0.1, 0.15) is 10.8 Å². The Balaban J connectivity index is 2.64. The molecule has 0 amide bonds. The predicted molar refractivity (Wildman–Crippen MR) is 65.6 cm³/mol. The Morgan fingerprint density at radius 1 is 1.62 bits per heavy atom. The van der Waals surface area contributed by atoms with Crippen LogP contribution in [0.15, 0.2) is 5.38 Å². The number of thiazole rings is 1. The van der Waals surface area contributed by atoms with Gasteiger partial charge in [0.25, 0.3) is 0 Å². The molecule has 1 heterocycles. The van der Waals surface area contributed by atoms with Crippen molar-refractivity contribution < 1.29 is 8.42 Å². The van der Waals surface area contributed by atoms with Crippen molar-refractivity contribution in [2.24, 2.45) is 5.14 Å². The molecular formula is C9H17N3O2S2. The topological polar surface area (TPSA) is 85.1 Å². The molecule has 0 fully saturated rings. The van der Waals surface area contributed by atoms with Crippen molar-refractivity contribution in [1.82, 2.24) is 10.3 Å². The maximum atomic E-state index is 10.9. The first kappa shape index (κ1) is 13.6. The lowest BCUT2D eigenvalue weighted by Gasteiger charge is -2.09. The second-order valence-corrected chi connectivity index (χ2v) is 6.21. The number of nitrogens with two attached hydrogens (primary N) is 1. The molecule has 1 unspecified atom stereocenters. The van der Waals surface area contributed by atoms with E-state index in [0.29, 0.717) is 5.01 Å². The van der Waals surface area contributed by atoms with E-state index in [4.69, 9.17) is 5.14 Å². The summed E-state index contributed by atoms with van der Waals surface area (Å²) < 4.78 is 21.8. The van der Waals surface area contributed by atoms with Crippen LogP contribution in [0.2, 0.25) is 0 Å². The van der Waals surface area contributed by atoms with Gasteiger partial charge in [-0.15, -0.1) is 11.3 Å². The molecule has 5 nitrogen and oxygen atoms in total. The van der Waals surface area contributed by atoms with E-state index in [9.17, 15) is 8.42 Å². The van der Waals surface area contributed by atoms with Crippen LogP contribution in [-0.4, -0.2) is 19.9 Å². The minimum absolute atomic E-state index is 0.144. The Labute approximate surface area is 100 Å². The number of rotatable bonds is 6. The van der Waals surface area contributed by atoms with Crippen molar-refractivity contribution in [3.8, 4) is 0 Å². The zero-order valence-electron chi connectivity index (χ0n) is 9.43. The Bertz CT molecular complexity index is 428. The molecule has 1 aromatic heterocycles. The lowest BCUT2D eigenvalue weighted by atomic mass is 10.2. The van der Waals surface area contributed by atoms with Crippen LogP contribution in [0.25, 0.3) is 0 Å². The monoisotopic (exact) mass is 263 g/mol. The minimum Gasteiger partial charge on any atom is -0.309 e. The van der Waals surface area contributed by atoms with Crippen LogP contribution < -0.4 is 10.5 Å². The molecule has 0 aliphatic carbocycles. The number of aromatic nitrogens is 1. The predicted octanol–water partition coefficient (Wildman–Crippen LogP) is 0.992. The van der Waals surface area contributed by atoms with Gasteiger partial charge in [-0.1, -0.05) is 6.92 Å². The molecule has 92 valence electrons. The van der Waals surface area contributed by atoms with Crippen molar-refractivity contribution in [3.05, 3.63) is 16.1 Å². The third-order valence-electron chi connectivity index (χ3n) is 2.04. The van der Waals surface area contributed by atoms with Gasteiger partial charge < -0.3 is 5.32 Å². The normalized spacial score (nSPS) is 13.9. The van der Waals surface area contributed by atoms with E-state index in [-0.39, 0.29) is 11.8 Å². The molecule has 1 atom stereocenters. The number of hydrogen-bond donors (Lipinski definition) is 2. The summed E-state index contributed by atoms with van der Waals surface area (Å²) in [6.07, 6.45) is 1.05. The molecule has 0 aliphatic rings. The van der Waals surface area contributed by atoms with E-state index in [1.807, 2.05) is 12.3 Å². The standard InChI is InChI=1S/C9H17N3O2S2/c1-3-4-11-7(2)8-5-15-9(12-8)6-16(10,13)14/h5,7,11H,3-4,6H2,1-2H3,(H2,10,13,14). The van der Waals surface area contributed by atoms with Gasteiger partial charge in [-0.25, -0.2) is 18.5 Å². The molecule has 0 saturated heterocycles. The quantitative estimate of drug-likeness (QED) is 0.801. The van der Waals surface area contributed by atoms with Gasteiger partial charge in [0, 0.05) is 11.4 Å². The third kappa shape index (κ3) is 4.56. The largest absolute Gasteiger partial charge is 0.309 e. The molecule has 7 heteroatoms. The highest BCUT2D eigenvalue weighted by Gasteiger charge is 2.12. The van der Waals surface area contributed by atoms with Crippen LogP contribution in [0.4, 0.5) is 0 Å². The highest BCUT2D eigenvalue weighted by molar-refractivity contribution is 7.88. The summed E-state index contributed by atoms with van der Waals surface area (Å²) >= 11 is 1.33. The summed E-state index contributed by atoms with van der Waals surface area (Å²) in [5, 5.41) is 10.7. The van der Waals surface area contributed by atoms with Crippen molar-refractivity contribution in [2.45, 2.75) is 32.1 Å². The van der Waals surface area contributed by atoms with Gasteiger partial charge >= 0.3 is 0 Å². The third-order valence-corrected chi connectivity index (χ3v) is 3.76. The van der Waals surface area contributed by atoms with Gasteiger partial charge in [0.15, 0.2) is 0 Å². The number of hydrogen-bond acceptors (Lipinski definition) is 5. The molecule has 1 rings (SSSR count). The van der Waals surface area contributed by atoms with Crippen LogP contribution in [0, 0.1) is 0 Å². The molecule has 0 spiro atoms. The van der Waals surface area contributed by atoms with Crippen molar-refractivity contribution in [3.63, 3.8) is 0 Å². The molecule has 0 bridgehead atoms. The first-order valence-electron chi connectivity index (χ1n) is 5.10. The van der Waals surface area contributed by atoms with Crippen LogP contribution in [0.5, 0.6) is 0 Å². The summed E-state index contributed by atoms with van der Waals surface area (Å²) in [5.74, 6) is -0.182. The lowest BCUT2D eigenvalue weighted by Crippen LogP contribution is -2.19. The van der Waals surface area contributed by atoms with E-state index >= 15 is 0 Å². The zero-order valence-corrected chi connectivity index (χ0v) is 11.1. The van der Waals surface area contributed by atoms with E-state index in [0.717, 1.165) is 18.7 Å². The number of nitrogens with one attached hydrogen (secondary N) is 1. The van der Waals surface area contributed by atoms with Gasteiger partial charge in [-0.3, -0.25) is 0 Å². The molecule has 0 aromatic carbocycles. The number of nitrogens with zero attached hydrogens (tertiary/aromatic N) is 1. The Kier molecular flexibility index (Phi) is 4.85. The highest BCUT2D eigenvalue weighted by atomic mass is 32.2. The average molecular weight is 263 g/mol. The summed E-state index contributed by atoms with van der Waals surface area (Å²) in [6.45, 7) is 5.02. The van der Waals surface area contributed by atoms with E-state index in [1.54, 1.807) is 0 Å². The fraction of sp³-hybridized carbons (Fsp3) is 0.667. The van der Waals surface area contributed by atoms with Crippen molar-refractivity contribution in [1.29, 1.82) is 0 Å². The van der Waals surface area contributed by atoms with Gasteiger partial charge in [0.2, 0.25) is 10.0 Å². The average Bonchev–Trinajstić information content (AvgIpc) is 2.59. The first-order chi connectivity index (χ1) is 7.42. The number of primary sulfonamides is 1. The molecule has 3 N–H and O–H groups in total. The SMILES string of the molecule is CCCNC(C)c1csc(CS(N)(=O)=O)n1. The number of sulfonamides is 1. The molecule has 0 saturated carbocycles. The second kappa shape index (κ2) is 5.72. The Morgan fingerprint density at radius 3 is 2.88 bits per heavy atom. The maximum absolute atomic E-state index is 10.9. The fourth-order valence-electron chi connectivity index (χ4n) is 1.23. The van der Waals surface area contributed by atoms with Gasteiger partial charge in [-0.05, 0) is 19.9 Å². The maximum Gasteiger partial charge on any atom is 0.215 e. The smallest absolute Gasteiger partial charge is 0.215 e. The summed E-state index contributed by atoms with van der Waals surface area (Å²) in [6, 6.07) is 0.144. The Morgan fingerprint density at radius 2 is 2.31 bits per heavy atom. The van der Waals surface area contributed by atoms with E-state index < -0.39 is 10.0 Å². The molecule has 1 aromatic rings. The summed E-state index contributed by atoms with van der Waals surface area (Å²) in [5.41, 5.74) is 0.872. The van der Waals surface area contributed by atoms with Crippen LogP contribution >= 0.6 is 11.3 Å². The fourth-order valence-corrected chi connectivity index (χ4v) is 3.07. The minimum atomic E-state index is -3.48. The summed E-state index contributed by atoms with van der Waals surface area (Å²) in [4.78, 5) is 4.25. The van der Waals surface area contributed by atoms with Crippen LogP contribution in [0.3, 0.4) is 0 Å². The Hall–Kier alpha value is -0.500. The second-order valence-electron chi connectivity index (χ2n) is 3.65. The van der Waals surface area contributed by atoms with E-state index in [2.05, 4.69) is 17.2 Å². The molecular weight excluding hydrogens is 246 g/mol. The van der Waals surface area contributed by atoms with Crippen molar-refractivity contribution in [2.75, 3.05) is 6.54 Å². The van der Waals surface area contributed by atoms with Gasteiger partial charge in [0.05, 0.1) is 5.69 Å². The van der Waals surface area contributed by atoms with Crippen molar-refractivity contribution >= 4 is 21.4 Å². The van der Waals surface area contributed by atoms with Gasteiger partial charge in [-0.2, -0.15) is 0 Å². The van der Waals surface area contributed by atoms with E-state index in [1.165, 1.54) is 11.3 Å². The zero-order chi connectivity index (χ0) is 12.2. The molecule has 16 heavy (non-hydrogen) atoms. The van der Waals surface area contributed by atoms with Crippen LogP contribution in [-0.2, 0) is 15.8 Å².